The number of rotatable bonds is 10. The van der Waals surface area contributed by atoms with Crippen LogP contribution in [0.25, 0.3) is 11.6 Å². The van der Waals surface area contributed by atoms with E-state index in [1.807, 2.05) is 38.1 Å². The number of aromatic amines is 1. The zero-order valence-electron chi connectivity index (χ0n) is 24.0. The molecule has 1 aromatic heterocycles. The first kappa shape index (κ1) is 28.6. The van der Waals surface area contributed by atoms with Crippen LogP contribution < -0.4 is 14.9 Å². The molecule has 0 bridgehead atoms. The van der Waals surface area contributed by atoms with Gasteiger partial charge in [0.2, 0.25) is 5.91 Å². The van der Waals surface area contributed by atoms with Crippen molar-refractivity contribution in [3.05, 3.63) is 76.1 Å². The summed E-state index contributed by atoms with van der Waals surface area (Å²) in [6.45, 7) is 11.7. The SMILES string of the molecule is CCN(CC)CCNC(=O)Cc1c(C)[nH]c(/C=C2\C(=O)Nc3ccc(S(=O)(=O)N4CCc5ccccc54)cc32)c1C. The molecule has 9 nitrogen and oxygen atoms in total. The highest BCUT2D eigenvalue weighted by Gasteiger charge is 2.33. The van der Waals surface area contributed by atoms with E-state index in [1.165, 1.54) is 4.31 Å². The normalized spacial score (nSPS) is 15.4. The quantitative estimate of drug-likeness (QED) is 0.318. The Hall–Kier alpha value is -3.89. The second kappa shape index (κ2) is 11.5. The fourth-order valence-corrected chi connectivity index (χ4v) is 7.17. The molecular formula is C31H37N5O4S. The van der Waals surface area contributed by atoms with Crippen molar-refractivity contribution in [3.8, 4) is 0 Å². The Kier molecular flexibility index (Phi) is 8.06. The topological polar surface area (TPSA) is 115 Å². The van der Waals surface area contributed by atoms with Gasteiger partial charge in [-0.25, -0.2) is 8.42 Å². The number of nitrogens with zero attached hydrogens (tertiary/aromatic N) is 2. The van der Waals surface area contributed by atoms with Gasteiger partial charge in [-0.3, -0.25) is 13.9 Å². The number of fused-ring (bicyclic) bond motifs is 2. The van der Waals surface area contributed by atoms with Crippen molar-refractivity contribution in [1.82, 2.24) is 15.2 Å². The van der Waals surface area contributed by atoms with Crippen LogP contribution in [0.5, 0.6) is 0 Å². The minimum atomic E-state index is -3.82. The molecular weight excluding hydrogens is 538 g/mol. The standard InChI is InChI=1S/C31H37N5O4S/c1-5-35(6-2)16-14-32-30(37)19-24-20(3)28(33-21(24)4)18-26-25-17-23(11-12-27(25)34-31(26)38)41(39,40)36-15-13-22-9-7-8-10-29(22)36/h7-12,17-18,33H,5-6,13-16,19H2,1-4H3,(H,32,37)(H,34,38)/b26-18-. The Balaban J connectivity index is 1.39. The molecule has 3 N–H and O–H groups in total. The second-order valence-corrected chi connectivity index (χ2v) is 12.4. The van der Waals surface area contributed by atoms with E-state index in [0.29, 0.717) is 47.7 Å². The van der Waals surface area contributed by atoms with Gasteiger partial charge in [0.25, 0.3) is 15.9 Å². The molecule has 0 atom stereocenters. The first-order valence-electron chi connectivity index (χ1n) is 14.1. The van der Waals surface area contributed by atoms with Gasteiger partial charge in [0, 0.05) is 42.3 Å². The minimum absolute atomic E-state index is 0.0520. The van der Waals surface area contributed by atoms with Crippen LogP contribution in [-0.2, 0) is 32.5 Å². The fraction of sp³-hybridized carbons (Fsp3) is 0.355. The van der Waals surface area contributed by atoms with Gasteiger partial charge in [0.15, 0.2) is 0 Å². The summed E-state index contributed by atoms with van der Waals surface area (Å²) in [6.07, 6.45) is 2.64. The maximum absolute atomic E-state index is 13.6. The summed E-state index contributed by atoms with van der Waals surface area (Å²) in [5, 5.41) is 5.85. The van der Waals surface area contributed by atoms with Crippen LogP contribution in [0.1, 0.15) is 47.5 Å². The predicted octanol–water partition coefficient (Wildman–Crippen LogP) is 3.88. The lowest BCUT2D eigenvalue weighted by Crippen LogP contribution is -2.35. The lowest BCUT2D eigenvalue weighted by Gasteiger charge is -2.20. The molecule has 0 spiro atoms. The van der Waals surface area contributed by atoms with Crippen LogP contribution in [0.2, 0.25) is 0 Å². The summed E-state index contributed by atoms with van der Waals surface area (Å²) in [5.41, 5.74) is 6.51. The van der Waals surface area contributed by atoms with Crippen LogP contribution in [0.15, 0.2) is 47.4 Å². The van der Waals surface area contributed by atoms with Gasteiger partial charge in [-0.2, -0.15) is 0 Å². The lowest BCUT2D eigenvalue weighted by molar-refractivity contribution is -0.120. The van der Waals surface area contributed by atoms with Crippen molar-refractivity contribution < 1.29 is 18.0 Å². The largest absolute Gasteiger partial charge is 0.359 e. The third kappa shape index (κ3) is 5.54. The molecule has 2 aliphatic heterocycles. The van der Waals surface area contributed by atoms with Crippen molar-refractivity contribution in [2.24, 2.45) is 0 Å². The lowest BCUT2D eigenvalue weighted by atomic mass is 10.0. The molecule has 0 fully saturated rings. The van der Waals surface area contributed by atoms with Crippen molar-refractivity contribution >= 4 is 44.9 Å². The number of carbonyl (C=O) groups excluding carboxylic acids is 2. The molecule has 0 radical (unpaired) electrons. The number of sulfonamides is 1. The molecule has 0 saturated carbocycles. The number of amides is 2. The van der Waals surface area contributed by atoms with E-state index in [0.717, 1.165) is 42.0 Å². The van der Waals surface area contributed by atoms with Crippen LogP contribution in [0, 0.1) is 13.8 Å². The third-order valence-electron chi connectivity index (χ3n) is 8.11. The van der Waals surface area contributed by atoms with Gasteiger partial charge >= 0.3 is 0 Å². The maximum atomic E-state index is 13.6. The van der Waals surface area contributed by atoms with Crippen molar-refractivity contribution in [2.45, 2.75) is 45.4 Å². The third-order valence-corrected chi connectivity index (χ3v) is 9.92. The highest BCUT2D eigenvalue weighted by Crippen LogP contribution is 2.38. The molecule has 3 heterocycles. The van der Waals surface area contributed by atoms with Crippen molar-refractivity contribution in [1.29, 1.82) is 0 Å². The van der Waals surface area contributed by atoms with E-state index in [4.69, 9.17) is 0 Å². The highest BCUT2D eigenvalue weighted by atomic mass is 32.2. The first-order valence-corrected chi connectivity index (χ1v) is 15.5. The van der Waals surface area contributed by atoms with Crippen molar-refractivity contribution in [3.63, 3.8) is 0 Å². The summed E-state index contributed by atoms with van der Waals surface area (Å²) < 4.78 is 28.7. The summed E-state index contributed by atoms with van der Waals surface area (Å²) in [4.78, 5) is 31.4. The Bertz CT molecular complexity index is 1640. The minimum Gasteiger partial charge on any atom is -0.359 e. The Morgan fingerprint density at radius 3 is 2.63 bits per heavy atom. The van der Waals surface area contributed by atoms with Gasteiger partial charge in [0.1, 0.15) is 0 Å². The summed E-state index contributed by atoms with van der Waals surface area (Å²) in [6, 6.07) is 12.3. The monoisotopic (exact) mass is 575 g/mol. The molecule has 41 heavy (non-hydrogen) atoms. The second-order valence-electron chi connectivity index (χ2n) is 10.5. The predicted molar refractivity (Wildman–Crippen MR) is 162 cm³/mol. The number of hydrogen-bond donors (Lipinski definition) is 3. The van der Waals surface area contributed by atoms with Gasteiger partial charge in [-0.1, -0.05) is 32.0 Å². The molecule has 2 aromatic carbocycles. The molecule has 2 aliphatic rings. The van der Waals surface area contributed by atoms with Gasteiger partial charge in [0.05, 0.1) is 22.6 Å². The van der Waals surface area contributed by atoms with E-state index in [-0.39, 0.29) is 23.1 Å². The zero-order valence-corrected chi connectivity index (χ0v) is 24.8. The van der Waals surface area contributed by atoms with Gasteiger partial charge < -0.3 is 20.5 Å². The zero-order chi connectivity index (χ0) is 29.3. The van der Waals surface area contributed by atoms with Gasteiger partial charge in [-0.05, 0) is 80.4 Å². The molecule has 0 saturated heterocycles. The highest BCUT2D eigenvalue weighted by molar-refractivity contribution is 7.92. The van der Waals surface area contributed by atoms with E-state index >= 15 is 0 Å². The van der Waals surface area contributed by atoms with Crippen molar-refractivity contribution in [2.75, 3.05) is 42.3 Å². The molecule has 3 aromatic rings. The number of carbonyl (C=O) groups is 2. The number of anilines is 2. The summed E-state index contributed by atoms with van der Waals surface area (Å²) in [7, 11) is -3.82. The molecule has 5 rings (SSSR count). The fourth-order valence-electron chi connectivity index (χ4n) is 5.64. The van der Waals surface area contributed by atoms with Crippen LogP contribution in [0.3, 0.4) is 0 Å². The van der Waals surface area contributed by atoms with Crippen LogP contribution in [-0.4, -0.2) is 62.8 Å². The molecule has 0 unspecified atom stereocenters. The number of nitrogens with one attached hydrogen (secondary N) is 3. The van der Waals surface area contributed by atoms with Crippen LogP contribution in [0.4, 0.5) is 11.4 Å². The molecule has 216 valence electrons. The van der Waals surface area contributed by atoms with E-state index in [1.54, 1.807) is 24.3 Å². The summed E-state index contributed by atoms with van der Waals surface area (Å²) >= 11 is 0. The Labute approximate surface area is 241 Å². The molecule has 10 heteroatoms. The average Bonchev–Trinajstić information content (AvgIpc) is 3.61. The Morgan fingerprint density at radius 1 is 1.12 bits per heavy atom. The number of aromatic nitrogens is 1. The number of para-hydroxylation sites is 1. The van der Waals surface area contributed by atoms with Crippen LogP contribution >= 0.6 is 0 Å². The average molecular weight is 576 g/mol. The Morgan fingerprint density at radius 2 is 1.88 bits per heavy atom. The number of aryl methyl sites for hydroxylation is 1. The van der Waals surface area contributed by atoms with E-state index in [2.05, 4.69) is 34.4 Å². The number of hydrogen-bond acceptors (Lipinski definition) is 5. The van der Waals surface area contributed by atoms with E-state index in [9.17, 15) is 18.0 Å². The number of likely N-dealkylation sites (N-methyl/N-ethyl adjacent to an activating group) is 1. The molecule has 2 amide bonds. The van der Waals surface area contributed by atoms with E-state index < -0.39 is 10.0 Å². The number of H-pyrrole nitrogens is 1. The maximum Gasteiger partial charge on any atom is 0.264 e. The van der Waals surface area contributed by atoms with Gasteiger partial charge in [-0.15, -0.1) is 0 Å². The summed E-state index contributed by atoms with van der Waals surface area (Å²) in [5.74, 6) is -0.354. The first-order chi connectivity index (χ1) is 19.6. The molecule has 0 aliphatic carbocycles. The number of benzene rings is 2. The smallest absolute Gasteiger partial charge is 0.264 e.